The molecule has 1 aromatic carbocycles. The van der Waals surface area contributed by atoms with Crippen LogP contribution in [0.3, 0.4) is 0 Å². The van der Waals surface area contributed by atoms with Crippen LogP contribution in [0.15, 0.2) is 61.3 Å². The number of alkyl halides is 3. The lowest BCUT2D eigenvalue weighted by Crippen LogP contribution is -2.16. The second kappa shape index (κ2) is 9.38. The van der Waals surface area contributed by atoms with Gasteiger partial charge >= 0.3 is 6.18 Å². The highest BCUT2D eigenvalue weighted by molar-refractivity contribution is 5.92. The quantitative estimate of drug-likeness (QED) is 0.427. The smallest absolute Gasteiger partial charge is 0.324 e. The fraction of sp³-hybridized carbons (Fsp3) is 0.174. The van der Waals surface area contributed by atoms with Gasteiger partial charge in [0, 0.05) is 37.6 Å². The number of rotatable bonds is 6. The molecule has 0 spiro atoms. The summed E-state index contributed by atoms with van der Waals surface area (Å²) in [6, 6.07) is 6.24. The molecule has 0 saturated heterocycles. The first-order valence-corrected chi connectivity index (χ1v) is 10.1. The molecule has 3 heterocycles. The van der Waals surface area contributed by atoms with Crippen LogP contribution in [0.4, 0.5) is 23.2 Å². The molecule has 0 saturated carbocycles. The lowest BCUT2D eigenvalue weighted by atomic mass is 10.0. The van der Waals surface area contributed by atoms with Gasteiger partial charge in [-0.2, -0.15) is 18.3 Å². The largest absolute Gasteiger partial charge is 0.433 e. The molecule has 0 unspecified atom stereocenters. The van der Waals surface area contributed by atoms with Gasteiger partial charge < -0.3 is 5.32 Å². The molecule has 4 aromatic rings. The summed E-state index contributed by atoms with van der Waals surface area (Å²) in [6.07, 6.45) is 3.34. The van der Waals surface area contributed by atoms with E-state index in [2.05, 4.69) is 25.4 Å². The molecule has 3 aromatic heterocycles. The highest BCUT2D eigenvalue weighted by Gasteiger charge is 2.32. The zero-order valence-electron chi connectivity index (χ0n) is 17.8. The van der Waals surface area contributed by atoms with Crippen molar-refractivity contribution in [3.05, 3.63) is 89.8 Å². The average Bonchev–Trinajstić information content (AvgIpc) is 3.20. The topological polar surface area (TPSA) is 85.6 Å². The minimum atomic E-state index is -4.57. The summed E-state index contributed by atoms with van der Waals surface area (Å²) in [5.74, 6) is -0.586. The Kier molecular flexibility index (Phi) is 6.35. The van der Waals surface area contributed by atoms with E-state index in [4.69, 9.17) is 0 Å². The number of halogens is 4. The number of benzene rings is 1. The van der Waals surface area contributed by atoms with Gasteiger partial charge in [0.25, 0.3) is 0 Å². The molecule has 0 aliphatic heterocycles. The highest BCUT2D eigenvalue weighted by Crippen LogP contribution is 2.28. The number of aromatic nitrogens is 5. The van der Waals surface area contributed by atoms with Gasteiger partial charge in [0.2, 0.25) is 5.91 Å². The van der Waals surface area contributed by atoms with Crippen LogP contribution in [-0.2, 0) is 30.9 Å². The highest BCUT2D eigenvalue weighted by atomic mass is 19.4. The summed E-state index contributed by atoms with van der Waals surface area (Å²) in [6.45, 7) is 0. The monoisotopic (exact) mass is 470 g/mol. The van der Waals surface area contributed by atoms with Crippen molar-refractivity contribution in [1.82, 2.24) is 24.7 Å². The van der Waals surface area contributed by atoms with Crippen molar-refractivity contribution in [2.45, 2.75) is 19.0 Å². The zero-order chi connectivity index (χ0) is 24.3. The van der Waals surface area contributed by atoms with Crippen LogP contribution in [0.25, 0.3) is 11.1 Å². The van der Waals surface area contributed by atoms with E-state index in [1.54, 1.807) is 29.3 Å². The summed E-state index contributed by atoms with van der Waals surface area (Å²) in [5, 5.41) is 6.51. The van der Waals surface area contributed by atoms with E-state index in [9.17, 15) is 22.4 Å². The Bertz CT molecular complexity index is 1300. The van der Waals surface area contributed by atoms with Gasteiger partial charge in [0.05, 0.1) is 24.5 Å². The van der Waals surface area contributed by atoms with Crippen molar-refractivity contribution in [2.75, 3.05) is 5.32 Å². The Morgan fingerprint density at radius 1 is 1.00 bits per heavy atom. The summed E-state index contributed by atoms with van der Waals surface area (Å²) in [4.78, 5) is 24.1. The lowest BCUT2D eigenvalue weighted by molar-refractivity contribution is -0.141. The molecule has 174 valence electrons. The van der Waals surface area contributed by atoms with Crippen molar-refractivity contribution in [3.63, 3.8) is 0 Å². The van der Waals surface area contributed by atoms with E-state index in [-0.39, 0.29) is 17.7 Å². The number of carbonyl (C=O) groups excluding carboxylic acids is 1. The first-order chi connectivity index (χ1) is 16.2. The minimum absolute atomic E-state index is 0.0820. The molecule has 34 heavy (non-hydrogen) atoms. The van der Waals surface area contributed by atoms with E-state index in [1.165, 1.54) is 12.1 Å². The van der Waals surface area contributed by atoms with E-state index >= 15 is 0 Å². The molecule has 4 rings (SSSR count). The Balaban J connectivity index is 1.39. The number of hydrogen-bond donors (Lipinski definition) is 1. The Hall–Kier alpha value is -4.15. The maximum absolute atomic E-state index is 14.6. The summed E-state index contributed by atoms with van der Waals surface area (Å²) in [7, 11) is 1.82. The van der Waals surface area contributed by atoms with Crippen molar-refractivity contribution in [3.8, 4) is 11.1 Å². The standard InChI is InChI=1S/C23H18F4N6O/c1-33-13-14(9-31-33)6-21-29-10-17(11-30-21)15-2-3-16(19(24)7-15)8-22(34)32-18-4-5-20(28-12-18)23(25,26)27/h2-5,7,9-13H,6,8H2,1H3,(H,32,34). The van der Waals surface area contributed by atoms with Crippen LogP contribution in [0.1, 0.15) is 22.6 Å². The first-order valence-electron chi connectivity index (χ1n) is 10.1. The number of hydrogen-bond acceptors (Lipinski definition) is 5. The van der Waals surface area contributed by atoms with Crippen LogP contribution in [0.2, 0.25) is 0 Å². The van der Waals surface area contributed by atoms with Crippen LogP contribution >= 0.6 is 0 Å². The van der Waals surface area contributed by atoms with Gasteiger partial charge in [-0.1, -0.05) is 12.1 Å². The van der Waals surface area contributed by atoms with Crippen molar-refractivity contribution in [2.24, 2.45) is 7.05 Å². The molecule has 0 aliphatic rings. The number of nitrogens with zero attached hydrogens (tertiary/aromatic N) is 5. The molecule has 0 atom stereocenters. The van der Waals surface area contributed by atoms with Gasteiger partial charge in [0.1, 0.15) is 17.3 Å². The minimum Gasteiger partial charge on any atom is -0.324 e. The van der Waals surface area contributed by atoms with Gasteiger partial charge in [-0.25, -0.2) is 19.3 Å². The second-order valence-electron chi connectivity index (χ2n) is 7.55. The summed E-state index contributed by atoms with van der Waals surface area (Å²) < 4.78 is 54.0. The summed E-state index contributed by atoms with van der Waals surface area (Å²) >= 11 is 0. The molecule has 0 fully saturated rings. The third-order valence-electron chi connectivity index (χ3n) is 4.90. The number of anilines is 1. The Labute approximate surface area is 191 Å². The normalized spacial score (nSPS) is 11.4. The third kappa shape index (κ3) is 5.61. The van der Waals surface area contributed by atoms with E-state index in [0.29, 0.717) is 23.4 Å². The van der Waals surface area contributed by atoms with Crippen molar-refractivity contribution >= 4 is 11.6 Å². The van der Waals surface area contributed by atoms with Crippen LogP contribution in [0, 0.1) is 5.82 Å². The maximum Gasteiger partial charge on any atom is 0.433 e. The van der Waals surface area contributed by atoms with Crippen molar-refractivity contribution < 1.29 is 22.4 Å². The van der Waals surface area contributed by atoms with Gasteiger partial charge in [-0.3, -0.25) is 9.48 Å². The molecule has 0 aliphatic carbocycles. The van der Waals surface area contributed by atoms with Crippen molar-refractivity contribution in [1.29, 1.82) is 0 Å². The number of aryl methyl sites for hydroxylation is 1. The predicted octanol–water partition coefficient (Wildman–Crippen LogP) is 4.20. The average molecular weight is 470 g/mol. The molecule has 1 N–H and O–H groups in total. The zero-order valence-corrected chi connectivity index (χ0v) is 17.8. The van der Waals surface area contributed by atoms with Crippen LogP contribution in [0.5, 0.6) is 0 Å². The first kappa shape index (κ1) is 23.0. The lowest BCUT2D eigenvalue weighted by Gasteiger charge is -2.09. The van der Waals surface area contributed by atoms with Gasteiger partial charge in [-0.05, 0) is 34.9 Å². The molecular weight excluding hydrogens is 452 g/mol. The van der Waals surface area contributed by atoms with E-state index in [0.717, 1.165) is 23.9 Å². The van der Waals surface area contributed by atoms with Gasteiger partial charge in [-0.15, -0.1) is 0 Å². The predicted molar refractivity (Wildman–Crippen MR) is 115 cm³/mol. The third-order valence-corrected chi connectivity index (χ3v) is 4.90. The Morgan fingerprint density at radius 2 is 1.76 bits per heavy atom. The number of carbonyl (C=O) groups is 1. The molecule has 7 nitrogen and oxygen atoms in total. The van der Waals surface area contributed by atoms with Crippen LogP contribution < -0.4 is 5.32 Å². The van der Waals surface area contributed by atoms with Gasteiger partial charge in [0.15, 0.2) is 0 Å². The van der Waals surface area contributed by atoms with E-state index in [1.807, 2.05) is 13.2 Å². The summed E-state index contributed by atoms with van der Waals surface area (Å²) in [5.41, 5.74) is 1.27. The SMILES string of the molecule is Cn1cc(Cc2ncc(-c3ccc(CC(=O)Nc4ccc(C(F)(F)F)nc4)c(F)c3)cn2)cn1. The van der Waals surface area contributed by atoms with Crippen LogP contribution in [-0.4, -0.2) is 30.6 Å². The number of nitrogens with one attached hydrogen (secondary N) is 1. The molecule has 0 radical (unpaired) electrons. The fourth-order valence-corrected chi connectivity index (χ4v) is 3.22. The maximum atomic E-state index is 14.6. The number of amides is 1. The molecular formula is C23H18F4N6O. The molecule has 0 bridgehead atoms. The fourth-order valence-electron chi connectivity index (χ4n) is 3.22. The Morgan fingerprint density at radius 3 is 2.35 bits per heavy atom. The van der Waals surface area contributed by atoms with E-state index < -0.39 is 23.6 Å². The second-order valence-corrected chi connectivity index (χ2v) is 7.55. The molecule has 11 heteroatoms. The molecule has 1 amide bonds. The number of pyridine rings is 1.